The summed E-state index contributed by atoms with van der Waals surface area (Å²) in [6.07, 6.45) is 2.20. The summed E-state index contributed by atoms with van der Waals surface area (Å²) < 4.78 is 16.0. The predicted octanol–water partition coefficient (Wildman–Crippen LogP) is 5.39. The molecule has 0 bridgehead atoms. The van der Waals surface area contributed by atoms with Crippen LogP contribution in [-0.4, -0.2) is 25.2 Å². The molecule has 33 heavy (non-hydrogen) atoms. The van der Waals surface area contributed by atoms with Gasteiger partial charge in [0.1, 0.15) is 11.6 Å². The lowest BCUT2D eigenvalue weighted by atomic mass is 9.86. The molecule has 0 unspecified atom stereocenters. The summed E-state index contributed by atoms with van der Waals surface area (Å²) in [4.78, 5) is 24.3. The molecular weight excluding hydrogens is 418 g/mol. The summed E-state index contributed by atoms with van der Waals surface area (Å²) in [5.74, 6) is -0.417. The maximum Gasteiger partial charge on any atom is 0.348 e. The number of carbonyl (C=O) groups is 2. The van der Waals surface area contributed by atoms with Crippen LogP contribution in [0, 0.1) is 11.3 Å². The van der Waals surface area contributed by atoms with Crippen LogP contribution in [-0.2, 0) is 26.2 Å². The second-order valence-corrected chi connectivity index (χ2v) is 8.45. The predicted molar refractivity (Wildman–Crippen MR) is 127 cm³/mol. The summed E-state index contributed by atoms with van der Waals surface area (Å²) >= 11 is 0. The van der Waals surface area contributed by atoms with Crippen molar-refractivity contribution in [3.05, 3.63) is 64.7 Å². The van der Waals surface area contributed by atoms with Crippen molar-refractivity contribution in [1.29, 1.82) is 5.26 Å². The van der Waals surface area contributed by atoms with E-state index in [4.69, 9.17) is 14.2 Å². The molecule has 0 saturated heterocycles. The van der Waals surface area contributed by atoms with Gasteiger partial charge >= 0.3 is 11.9 Å². The van der Waals surface area contributed by atoms with Gasteiger partial charge in [0.2, 0.25) is 0 Å². The molecule has 0 aliphatic heterocycles. The van der Waals surface area contributed by atoms with Crippen LogP contribution in [0.5, 0.6) is 11.5 Å². The Morgan fingerprint density at radius 2 is 1.70 bits per heavy atom. The number of ether oxygens (including phenoxy) is 3. The number of rotatable bonds is 9. The molecule has 2 aromatic carbocycles. The monoisotopic (exact) mass is 449 g/mol. The summed E-state index contributed by atoms with van der Waals surface area (Å²) in [7, 11) is 0. The number of nitrogens with zero attached hydrogens (tertiary/aromatic N) is 1. The minimum absolute atomic E-state index is 0.0822. The summed E-state index contributed by atoms with van der Waals surface area (Å²) in [5.41, 5.74) is 2.82. The number of esters is 2. The van der Waals surface area contributed by atoms with E-state index in [-0.39, 0.29) is 35.7 Å². The third kappa shape index (κ3) is 7.80. The zero-order valence-electron chi connectivity index (χ0n) is 19.9. The van der Waals surface area contributed by atoms with E-state index in [0.29, 0.717) is 24.3 Å². The molecule has 0 aliphatic carbocycles. The van der Waals surface area contributed by atoms with Crippen LogP contribution in [0.3, 0.4) is 0 Å². The lowest BCUT2D eigenvalue weighted by Gasteiger charge is -2.19. The molecule has 0 aliphatic rings. The molecule has 174 valence electrons. The molecule has 0 heterocycles. The van der Waals surface area contributed by atoms with Crippen molar-refractivity contribution in [3.63, 3.8) is 0 Å². The first-order valence-electron chi connectivity index (χ1n) is 11.0. The topological polar surface area (TPSA) is 85.6 Å². The fourth-order valence-corrected chi connectivity index (χ4v) is 3.07. The van der Waals surface area contributed by atoms with E-state index in [1.807, 2.05) is 25.1 Å². The van der Waals surface area contributed by atoms with E-state index in [0.717, 1.165) is 5.56 Å². The van der Waals surface area contributed by atoms with Gasteiger partial charge in [-0.25, -0.2) is 4.79 Å². The van der Waals surface area contributed by atoms with Gasteiger partial charge in [0.25, 0.3) is 0 Å². The highest BCUT2D eigenvalue weighted by molar-refractivity contribution is 5.98. The Morgan fingerprint density at radius 3 is 2.27 bits per heavy atom. The number of carbonyl (C=O) groups excluding carboxylic acids is 2. The molecule has 2 rings (SSSR count). The van der Waals surface area contributed by atoms with Crippen LogP contribution in [0.25, 0.3) is 6.08 Å². The van der Waals surface area contributed by atoms with Gasteiger partial charge in [0, 0.05) is 6.42 Å². The Morgan fingerprint density at radius 1 is 1.00 bits per heavy atom. The smallest absolute Gasteiger partial charge is 0.348 e. The van der Waals surface area contributed by atoms with Gasteiger partial charge in [-0.1, -0.05) is 51.1 Å². The van der Waals surface area contributed by atoms with Gasteiger partial charge in [-0.3, -0.25) is 4.79 Å². The van der Waals surface area contributed by atoms with Crippen molar-refractivity contribution in [2.45, 2.75) is 52.9 Å². The Balaban J connectivity index is 2.09. The molecule has 0 spiro atoms. The maximum atomic E-state index is 12.4. The van der Waals surface area contributed by atoms with Crippen molar-refractivity contribution in [2.75, 3.05) is 13.2 Å². The first-order chi connectivity index (χ1) is 15.7. The van der Waals surface area contributed by atoms with Crippen LogP contribution in [0.1, 0.15) is 57.7 Å². The number of hydrogen-bond donors (Lipinski definition) is 0. The van der Waals surface area contributed by atoms with Crippen LogP contribution < -0.4 is 9.47 Å². The first kappa shape index (κ1) is 25.7. The zero-order valence-corrected chi connectivity index (χ0v) is 19.9. The van der Waals surface area contributed by atoms with E-state index in [1.54, 1.807) is 25.1 Å². The highest BCUT2D eigenvalue weighted by Crippen LogP contribution is 2.30. The lowest BCUT2D eigenvalue weighted by molar-refractivity contribution is -0.138. The van der Waals surface area contributed by atoms with E-state index in [2.05, 4.69) is 32.9 Å². The molecular formula is C27H31NO5. The first-order valence-corrected chi connectivity index (χ1v) is 11.0. The SMILES string of the molecule is CCOC(=O)/C(C#N)=C/c1ccc(OC(=O)CCc2ccc(C(C)(C)C)cc2)c(OCC)c1. The van der Waals surface area contributed by atoms with Crippen molar-refractivity contribution in [2.24, 2.45) is 0 Å². The Hall–Kier alpha value is -3.59. The Labute approximate surface area is 195 Å². The summed E-state index contributed by atoms with van der Waals surface area (Å²) in [6.45, 7) is 10.5. The highest BCUT2D eigenvalue weighted by Gasteiger charge is 2.15. The normalized spacial score (nSPS) is 11.5. The van der Waals surface area contributed by atoms with Crippen molar-refractivity contribution >= 4 is 18.0 Å². The zero-order chi connectivity index (χ0) is 24.4. The maximum absolute atomic E-state index is 12.4. The van der Waals surface area contributed by atoms with Gasteiger partial charge in [-0.2, -0.15) is 5.26 Å². The lowest BCUT2D eigenvalue weighted by Crippen LogP contribution is -2.12. The Bertz CT molecular complexity index is 1040. The van der Waals surface area contributed by atoms with E-state index in [1.165, 1.54) is 11.6 Å². The quantitative estimate of drug-likeness (QED) is 0.221. The van der Waals surface area contributed by atoms with Gasteiger partial charge in [-0.05, 0) is 60.6 Å². The minimum Gasteiger partial charge on any atom is -0.490 e. The average Bonchev–Trinajstić information content (AvgIpc) is 2.77. The largest absolute Gasteiger partial charge is 0.490 e. The molecule has 0 radical (unpaired) electrons. The van der Waals surface area contributed by atoms with Crippen molar-refractivity contribution in [3.8, 4) is 17.6 Å². The second kappa shape index (κ2) is 11.9. The van der Waals surface area contributed by atoms with Gasteiger partial charge in [0.15, 0.2) is 11.5 Å². The molecule has 2 aromatic rings. The van der Waals surface area contributed by atoms with Crippen LogP contribution in [0.4, 0.5) is 0 Å². The fraction of sp³-hybridized carbons (Fsp3) is 0.370. The number of aryl methyl sites for hydroxylation is 1. The molecule has 6 nitrogen and oxygen atoms in total. The van der Waals surface area contributed by atoms with Gasteiger partial charge in [-0.15, -0.1) is 0 Å². The van der Waals surface area contributed by atoms with E-state index < -0.39 is 5.97 Å². The molecule has 0 fully saturated rings. The Kier molecular flexibility index (Phi) is 9.23. The third-order valence-electron chi connectivity index (χ3n) is 4.86. The molecule has 0 aromatic heterocycles. The number of nitriles is 1. The molecule has 0 amide bonds. The van der Waals surface area contributed by atoms with Crippen molar-refractivity contribution < 1.29 is 23.8 Å². The average molecular weight is 450 g/mol. The van der Waals surface area contributed by atoms with E-state index in [9.17, 15) is 14.9 Å². The number of hydrogen-bond acceptors (Lipinski definition) is 6. The second-order valence-electron chi connectivity index (χ2n) is 8.45. The summed E-state index contributed by atoms with van der Waals surface area (Å²) in [5, 5.41) is 9.22. The molecule has 0 saturated carbocycles. The van der Waals surface area contributed by atoms with E-state index >= 15 is 0 Å². The molecule has 0 N–H and O–H groups in total. The third-order valence-corrected chi connectivity index (χ3v) is 4.86. The van der Waals surface area contributed by atoms with Gasteiger partial charge < -0.3 is 14.2 Å². The number of benzene rings is 2. The minimum atomic E-state index is -0.691. The highest BCUT2D eigenvalue weighted by atomic mass is 16.6. The van der Waals surface area contributed by atoms with Crippen LogP contribution >= 0.6 is 0 Å². The molecule has 0 atom stereocenters. The summed E-state index contributed by atoms with van der Waals surface area (Å²) in [6, 6.07) is 14.9. The van der Waals surface area contributed by atoms with Crippen LogP contribution in [0.2, 0.25) is 0 Å². The molecule has 6 heteroatoms. The van der Waals surface area contributed by atoms with Gasteiger partial charge in [0.05, 0.1) is 13.2 Å². The van der Waals surface area contributed by atoms with Crippen molar-refractivity contribution in [1.82, 2.24) is 0 Å². The fourth-order valence-electron chi connectivity index (χ4n) is 3.07. The standard InChI is InChI=1S/C27H31NO5/c1-6-31-24-17-20(16-21(18-28)26(30)32-7-2)10-14-23(24)33-25(29)15-11-19-8-12-22(13-9-19)27(3,4)5/h8-10,12-14,16-17H,6-7,11,15H2,1-5H3/b21-16+. The van der Waals surface area contributed by atoms with Crippen LogP contribution in [0.15, 0.2) is 48.0 Å².